The number of benzene rings is 1. The fraction of sp³-hybridized carbons (Fsp3) is 0.429. The number of ketones is 1. The predicted molar refractivity (Wildman–Crippen MR) is 77.1 cm³/mol. The Bertz CT molecular complexity index is 469. The topological polar surface area (TPSA) is 37.4 Å². The van der Waals surface area contributed by atoms with Crippen LogP contribution in [0.4, 0.5) is 5.69 Å². The van der Waals surface area contributed by atoms with E-state index < -0.39 is 0 Å². The quantitative estimate of drug-likeness (QED) is 0.793. The van der Waals surface area contributed by atoms with Crippen LogP contribution in [0.15, 0.2) is 22.7 Å². The Balaban J connectivity index is 3.39. The van der Waals surface area contributed by atoms with E-state index in [1.165, 1.54) is 6.92 Å². The summed E-state index contributed by atoms with van der Waals surface area (Å²) in [4.78, 5) is 25.4. The number of carbonyl (C=O) groups is 2. The Morgan fingerprint density at radius 3 is 2.39 bits per heavy atom. The maximum Gasteiger partial charge on any atom is 0.226 e. The molecule has 0 heterocycles. The lowest BCUT2D eigenvalue weighted by Crippen LogP contribution is -2.37. The molecule has 1 rings (SSSR count). The van der Waals surface area contributed by atoms with Crippen molar-refractivity contribution in [3.8, 4) is 0 Å². The van der Waals surface area contributed by atoms with Crippen molar-refractivity contribution in [2.75, 3.05) is 4.90 Å². The average Bonchev–Trinajstić information content (AvgIpc) is 2.28. The van der Waals surface area contributed by atoms with Crippen molar-refractivity contribution in [2.45, 2.75) is 40.2 Å². The highest BCUT2D eigenvalue weighted by Gasteiger charge is 2.22. The van der Waals surface area contributed by atoms with Gasteiger partial charge in [0.15, 0.2) is 5.78 Å². The molecule has 0 unspecified atom stereocenters. The molecule has 0 saturated carbocycles. The molecule has 1 amide bonds. The van der Waals surface area contributed by atoms with Gasteiger partial charge in [0, 0.05) is 22.5 Å². The fourth-order valence-electron chi connectivity index (χ4n) is 1.87. The van der Waals surface area contributed by atoms with Crippen LogP contribution in [0.1, 0.15) is 44.5 Å². The molecule has 1 aromatic rings. The van der Waals surface area contributed by atoms with Crippen molar-refractivity contribution in [3.63, 3.8) is 0 Å². The maximum absolute atomic E-state index is 12.0. The standard InChI is InChI=1S/C14H18BrNO2/c1-5-14(18)16(9(2)3)13-8-11(15)6-7-12(13)10(4)17/h6-9H,5H2,1-4H3. The van der Waals surface area contributed by atoms with Crippen LogP contribution < -0.4 is 4.90 Å². The van der Waals surface area contributed by atoms with Crippen LogP contribution in [-0.4, -0.2) is 17.7 Å². The number of hydrogen-bond acceptors (Lipinski definition) is 2. The van der Waals surface area contributed by atoms with Crippen molar-refractivity contribution in [2.24, 2.45) is 0 Å². The van der Waals surface area contributed by atoms with Gasteiger partial charge in [0.25, 0.3) is 0 Å². The third kappa shape index (κ3) is 3.19. The van der Waals surface area contributed by atoms with Crippen LogP contribution in [0.5, 0.6) is 0 Å². The highest BCUT2D eigenvalue weighted by atomic mass is 79.9. The van der Waals surface area contributed by atoms with Crippen molar-refractivity contribution in [1.82, 2.24) is 0 Å². The zero-order valence-electron chi connectivity index (χ0n) is 11.2. The van der Waals surface area contributed by atoms with E-state index in [1.54, 1.807) is 11.0 Å². The van der Waals surface area contributed by atoms with Gasteiger partial charge >= 0.3 is 0 Å². The zero-order chi connectivity index (χ0) is 13.9. The van der Waals surface area contributed by atoms with Gasteiger partial charge in [-0.2, -0.15) is 0 Å². The summed E-state index contributed by atoms with van der Waals surface area (Å²) in [5.74, 6) is -0.0161. The molecule has 0 aromatic heterocycles. The molecule has 0 fully saturated rings. The molecule has 0 aliphatic heterocycles. The summed E-state index contributed by atoms with van der Waals surface area (Å²) >= 11 is 3.38. The average molecular weight is 312 g/mol. The highest BCUT2D eigenvalue weighted by Crippen LogP contribution is 2.28. The summed E-state index contributed by atoms with van der Waals surface area (Å²) in [6, 6.07) is 5.41. The third-order valence-corrected chi connectivity index (χ3v) is 3.18. The first-order valence-electron chi connectivity index (χ1n) is 6.01. The molecular formula is C14H18BrNO2. The fourth-order valence-corrected chi connectivity index (χ4v) is 2.22. The smallest absolute Gasteiger partial charge is 0.226 e. The SMILES string of the molecule is CCC(=O)N(c1cc(Br)ccc1C(C)=O)C(C)C. The number of nitrogens with zero attached hydrogens (tertiary/aromatic N) is 1. The largest absolute Gasteiger partial charge is 0.309 e. The number of Topliss-reactive ketones (excluding diaryl/α,β-unsaturated/α-hetero) is 1. The number of rotatable bonds is 4. The van der Waals surface area contributed by atoms with Crippen molar-refractivity contribution >= 4 is 33.3 Å². The van der Waals surface area contributed by atoms with Crippen LogP contribution in [0.2, 0.25) is 0 Å². The number of carbonyl (C=O) groups excluding carboxylic acids is 2. The lowest BCUT2D eigenvalue weighted by molar-refractivity contribution is -0.118. The Labute approximate surface area is 116 Å². The predicted octanol–water partition coefficient (Wildman–Crippen LogP) is 3.80. The van der Waals surface area contributed by atoms with E-state index in [2.05, 4.69) is 15.9 Å². The molecule has 18 heavy (non-hydrogen) atoms. The van der Waals surface area contributed by atoms with Gasteiger partial charge < -0.3 is 4.90 Å². The van der Waals surface area contributed by atoms with Crippen LogP contribution in [0, 0.1) is 0 Å². The molecule has 98 valence electrons. The minimum atomic E-state index is -0.0351. The van der Waals surface area contributed by atoms with E-state index in [1.807, 2.05) is 32.9 Å². The molecule has 0 spiro atoms. The zero-order valence-corrected chi connectivity index (χ0v) is 12.7. The monoisotopic (exact) mass is 311 g/mol. The number of halogens is 1. The summed E-state index contributed by atoms with van der Waals surface area (Å²) in [6.45, 7) is 7.22. The molecule has 0 saturated heterocycles. The Morgan fingerprint density at radius 2 is 1.94 bits per heavy atom. The molecule has 3 nitrogen and oxygen atoms in total. The Kier molecular flexibility index (Phi) is 5.08. The van der Waals surface area contributed by atoms with Gasteiger partial charge in [-0.3, -0.25) is 9.59 Å². The van der Waals surface area contributed by atoms with Crippen molar-refractivity contribution in [3.05, 3.63) is 28.2 Å². The molecule has 0 N–H and O–H groups in total. The van der Waals surface area contributed by atoms with E-state index in [4.69, 9.17) is 0 Å². The molecule has 0 bridgehead atoms. The lowest BCUT2D eigenvalue weighted by Gasteiger charge is -2.28. The van der Waals surface area contributed by atoms with Crippen LogP contribution in [0.25, 0.3) is 0 Å². The second-order valence-electron chi connectivity index (χ2n) is 4.43. The van der Waals surface area contributed by atoms with Crippen molar-refractivity contribution < 1.29 is 9.59 Å². The summed E-state index contributed by atoms with van der Waals surface area (Å²) < 4.78 is 0.858. The molecule has 0 atom stereocenters. The minimum absolute atomic E-state index is 0.0184. The normalized spacial score (nSPS) is 10.6. The van der Waals surface area contributed by atoms with Crippen molar-refractivity contribution in [1.29, 1.82) is 0 Å². The number of anilines is 1. The van der Waals surface area contributed by atoms with E-state index in [0.717, 1.165) is 4.47 Å². The number of amides is 1. The van der Waals surface area contributed by atoms with Crippen LogP contribution in [0.3, 0.4) is 0 Å². The van der Waals surface area contributed by atoms with Gasteiger partial charge in [-0.1, -0.05) is 22.9 Å². The second-order valence-corrected chi connectivity index (χ2v) is 5.34. The molecule has 0 aliphatic carbocycles. The maximum atomic E-state index is 12.0. The first kappa shape index (κ1) is 14.9. The lowest BCUT2D eigenvalue weighted by atomic mass is 10.1. The van der Waals surface area contributed by atoms with Gasteiger partial charge in [-0.15, -0.1) is 0 Å². The van der Waals surface area contributed by atoms with E-state index in [9.17, 15) is 9.59 Å². The van der Waals surface area contributed by atoms with Gasteiger partial charge in [-0.25, -0.2) is 0 Å². The van der Waals surface area contributed by atoms with E-state index >= 15 is 0 Å². The second kappa shape index (κ2) is 6.14. The highest BCUT2D eigenvalue weighted by molar-refractivity contribution is 9.10. The van der Waals surface area contributed by atoms with Gasteiger partial charge in [0.1, 0.15) is 0 Å². The number of hydrogen-bond donors (Lipinski definition) is 0. The molecule has 1 aromatic carbocycles. The summed E-state index contributed by atoms with van der Waals surface area (Å²) in [5.41, 5.74) is 1.26. The Hall–Kier alpha value is -1.16. The molecule has 4 heteroatoms. The van der Waals surface area contributed by atoms with E-state index in [0.29, 0.717) is 17.7 Å². The minimum Gasteiger partial charge on any atom is -0.309 e. The van der Waals surface area contributed by atoms with Gasteiger partial charge in [-0.05, 0) is 39.0 Å². The third-order valence-electron chi connectivity index (χ3n) is 2.69. The summed E-state index contributed by atoms with van der Waals surface area (Å²) in [5, 5.41) is 0. The van der Waals surface area contributed by atoms with Crippen LogP contribution >= 0.6 is 15.9 Å². The molecule has 0 radical (unpaired) electrons. The van der Waals surface area contributed by atoms with Gasteiger partial charge in [0.2, 0.25) is 5.91 Å². The first-order chi connectivity index (χ1) is 8.38. The summed E-state index contributed by atoms with van der Waals surface area (Å²) in [7, 11) is 0. The molecular weight excluding hydrogens is 294 g/mol. The van der Waals surface area contributed by atoms with E-state index in [-0.39, 0.29) is 17.7 Å². The first-order valence-corrected chi connectivity index (χ1v) is 6.80. The Morgan fingerprint density at radius 1 is 1.33 bits per heavy atom. The van der Waals surface area contributed by atoms with Gasteiger partial charge in [0.05, 0.1) is 5.69 Å². The summed E-state index contributed by atoms with van der Waals surface area (Å²) in [6.07, 6.45) is 0.419. The van der Waals surface area contributed by atoms with Crippen LogP contribution in [-0.2, 0) is 4.79 Å². The molecule has 0 aliphatic rings.